The SMILES string of the molecule is CCOC(=O)c1nnsc1NC(=O)c1ccc2c(=O)n(C)c(=O)n(C)c2n1. The number of hydrogen-bond acceptors (Lipinski definition) is 9. The summed E-state index contributed by atoms with van der Waals surface area (Å²) in [6.07, 6.45) is 0. The number of nitrogens with one attached hydrogen (secondary N) is 1. The summed E-state index contributed by atoms with van der Waals surface area (Å²) in [4.78, 5) is 52.6. The largest absolute Gasteiger partial charge is 0.461 e. The highest BCUT2D eigenvalue weighted by molar-refractivity contribution is 7.10. The summed E-state index contributed by atoms with van der Waals surface area (Å²) in [5.41, 5.74) is -1.16. The second-order valence-corrected chi connectivity index (χ2v) is 6.15. The number of pyridine rings is 1. The normalized spacial score (nSPS) is 10.8. The molecule has 3 aromatic rings. The van der Waals surface area contributed by atoms with Crippen molar-refractivity contribution in [3.05, 3.63) is 44.4 Å². The Hall–Kier alpha value is -3.41. The number of aromatic nitrogens is 5. The highest BCUT2D eigenvalue weighted by Gasteiger charge is 2.21. The van der Waals surface area contributed by atoms with Crippen LogP contribution in [-0.2, 0) is 18.8 Å². The average molecular weight is 390 g/mol. The number of fused-ring (bicyclic) bond motifs is 1. The number of anilines is 1. The lowest BCUT2D eigenvalue weighted by atomic mass is 10.2. The molecule has 0 radical (unpaired) electrons. The van der Waals surface area contributed by atoms with Crippen LogP contribution >= 0.6 is 11.5 Å². The van der Waals surface area contributed by atoms with Gasteiger partial charge in [-0.2, -0.15) is 0 Å². The van der Waals surface area contributed by atoms with Gasteiger partial charge < -0.3 is 10.1 Å². The predicted molar refractivity (Wildman–Crippen MR) is 96.0 cm³/mol. The van der Waals surface area contributed by atoms with E-state index in [9.17, 15) is 19.2 Å². The summed E-state index contributed by atoms with van der Waals surface area (Å²) < 4.78 is 10.6. The fourth-order valence-electron chi connectivity index (χ4n) is 2.35. The molecule has 0 saturated carbocycles. The van der Waals surface area contributed by atoms with Gasteiger partial charge in [-0.25, -0.2) is 14.6 Å². The lowest BCUT2D eigenvalue weighted by molar-refractivity contribution is 0.0520. The van der Waals surface area contributed by atoms with Crippen molar-refractivity contribution in [2.75, 3.05) is 11.9 Å². The van der Waals surface area contributed by atoms with Crippen molar-refractivity contribution >= 4 is 39.4 Å². The van der Waals surface area contributed by atoms with E-state index < -0.39 is 23.1 Å². The summed E-state index contributed by atoms with van der Waals surface area (Å²) in [6, 6.07) is 2.76. The van der Waals surface area contributed by atoms with Gasteiger partial charge >= 0.3 is 11.7 Å². The molecule has 1 amide bonds. The first-order chi connectivity index (χ1) is 12.8. The van der Waals surface area contributed by atoms with Gasteiger partial charge in [0.1, 0.15) is 11.3 Å². The number of aryl methyl sites for hydroxylation is 1. The fraction of sp³-hybridized carbons (Fsp3) is 0.267. The maximum atomic E-state index is 12.5. The fourth-order valence-corrected chi connectivity index (χ4v) is 2.91. The molecule has 0 aliphatic heterocycles. The molecule has 12 heteroatoms. The van der Waals surface area contributed by atoms with Crippen LogP contribution < -0.4 is 16.6 Å². The molecule has 0 fully saturated rings. The smallest absolute Gasteiger partial charge is 0.362 e. The summed E-state index contributed by atoms with van der Waals surface area (Å²) in [5.74, 6) is -1.36. The maximum Gasteiger partial charge on any atom is 0.362 e. The second-order valence-electron chi connectivity index (χ2n) is 5.40. The van der Waals surface area contributed by atoms with Crippen molar-refractivity contribution in [3.63, 3.8) is 0 Å². The number of nitrogens with zero attached hydrogens (tertiary/aromatic N) is 5. The molecule has 0 saturated heterocycles. The Morgan fingerprint density at radius 1 is 1.22 bits per heavy atom. The molecule has 0 aliphatic rings. The molecule has 3 aromatic heterocycles. The van der Waals surface area contributed by atoms with Gasteiger partial charge in [-0.3, -0.25) is 18.7 Å². The van der Waals surface area contributed by atoms with Gasteiger partial charge in [0.15, 0.2) is 5.00 Å². The molecule has 0 spiro atoms. The maximum absolute atomic E-state index is 12.5. The van der Waals surface area contributed by atoms with Crippen LogP contribution in [0.15, 0.2) is 21.7 Å². The first-order valence-electron chi connectivity index (χ1n) is 7.72. The van der Waals surface area contributed by atoms with Crippen LogP contribution in [0.2, 0.25) is 0 Å². The third-order valence-electron chi connectivity index (χ3n) is 3.72. The van der Waals surface area contributed by atoms with Crippen molar-refractivity contribution in [3.8, 4) is 0 Å². The quantitative estimate of drug-likeness (QED) is 0.610. The van der Waals surface area contributed by atoms with E-state index >= 15 is 0 Å². The van der Waals surface area contributed by atoms with Crippen molar-refractivity contribution < 1.29 is 14.3 Å². The standard InChI is InChI=1S/C15H14N6O5S/c1-4-26-14(24)9-12(27-19-18-9)17-11(22)8-6-5-7-10(16-8)20(2)15(25)21(3)13(7)23/h5-6H,4H2,1-3H3,(H,17,22). The number of ether oxygens (including phenoxy) is 1. The van der Waals surface area contributed by atoms with E-state index in [1.807, 2.05) is 0 Å². The number of rotatable bonds is 4. The molecule has 1 N–H and O–H groups in total. The third kappa shape index (κ3) is 3.21. The highest BCUT2D eigenvalue weighted by atomic mass is 32.1. The first kappa shape index (κ1) is 18.4. The Balaban J connectivity index is 1.98. The van der Waals surface area contributed by atoms with Gasteiger partial charge in [-0.1, -0.05) is 4.49 Å². The van der Waals surface area contributed by atoms with E-state index in [4.69, 9.17) is 4.74 Å². The van der Waals surface area contributed by atoms with Crippen molar-refractivity contribution in [2.45, 2.75) is 6.92 Å². The highest BCUT2D eigenvalue weighted by Crippen LogP contribution is 2.19. The van der Waals surface area contributed by atoms with E-state index in [1.165, 1.54) is 30.8 Å². The monoisotopic (exact) mass is 390 g/mol. The van der Waals surface area contributed by atoms with Gasteiger partial charge in [0.25, 0.3) is 11.5 Å². The van der Waals surface area contributed by atoms with Gasteiger partial charge in [0, 0.05) is 25.6 Å². The third-order valence-corrected chi connectivity index (χ3v) is 4.36. The Morgan fingerprint density at radius 2 is 1.96 bits per heavy atom. The van der Waals surface area contributed by atoms with Crippen molar-refractivity contribution in [1.82, 2.24) is 23.7 Å². The summed E-state index contributed by atoms with van der Waals surface area (Å²) in [7, 11) is 2.81. The number of amides is 1. The Labute approximate surface area is 155 Å². The van der Waals surface area contributed by atoms with Crippen LogP contribution in [0, 0.1) is 0 Å². The average Bonchev–Trinajstić information content (AvgIpc) is 3.12. The van der Waals surface area contributed by atoms with Crippen LogP contribution in [0.4, 0.5) is 5.00 Å². The van der Waals surface area contributed by atoms with Crippen LogP contribution in [-0.4, -0.2) is 42.2 Å². The number of carbonyl (C=O) groups is 2. The number of hydrogen-bond donors (Lipinski definition) is 1. The van der Waals surface area contributed by atoms with Crippen LogP contribution in [0.25, 0.3) is 11.0 Å². The zero-order valence-corrected chi connectivity index (χ0v) is 15.4. The lowest BCUT2D eigenvalue weighted by Crippen LogP contribution is -2.37. The Bertz CT molecular complexity index is 1180. The Kier molecular flexibility index (Phi) is 4.81. The minimum Gasteiger partial charge on any atom is -0.461 e. The molecule has 0 unspecified atom stereocenters. The van der Waals surface area contributed by atoms with Gasteiger partial charge in [-0.05, 0) is 19.1 Å². The minimum atomic E-state index is -0.709. The zero-order valence-electron chi connectivity index (χ0n) is 14.5. The number of esters is 1. The summed E-state index contributed by atoms with van der Waals surface area (Å²) >= 11 is 0.810. The van der Waals surface area contributed by atoms with E-state index in [0.717, 1.165) is 16.1 Å². The molecule has 0 aromatic carbocycles. The minimum absolute atomic E-state index is 0.0473. The molecular formula is C15H14N6O5S. The van der Waals surface area contributed by atoms with E-state index in [1.54, 1.807) is 6.92 Å². The zero-order chi connectivity index (χ0) is 19.7. The molecule has 0 aliphatic carbocycles. The first-order valence-corrected chi connectivity index (χ1v) is 8.50. The van der Waals surface area contributed by atoms with Gasteiger partial charge in [0.05, 0.1) is 12.0 Å². The molecule has 3 heterocycles. The Morgan fingerprint density at radius 3 is 2.67 bits per heavy atom. The van der Waals surface area contributed by atoms with E-state index in [0.29, 0.717) is 0 Å². The molecular weight excluding hydrogens is 376 g/mol. The molecule has 27 heavy (non-hydrogen) atoms. The van der Waals surface area contributed by atoms with Crippen LogP contribution in [0.5, 0.6) is 0 Å². The summed E-state index contributed by atoms with van der Waals surface area (Å²) in [6.45, 7) is 1.79. The topological polar surface area (TPSA) is 138 Å². The molecule has 0 bridgehead atoms. The lowest BCUT2D eigenvalue weighted by Gasteiger charge is -2.08. The molecule has 11 nitrogen and oxygen atoms in total. The van der Waals surface area contributed by atoms with Crippen molar-refractivity contribution in [2.24, 2.45) is 14.1 Å². The summed E-state index contributed by atoms with van der Waals surface area (Å²) in [5, 5.41) is 6.45. The van der Waals surface area contributed by atoms with E-state index in [2.05, 4.69) is 19.9 Å². The van der Waals surface area contributed by atoms with Gasteiger partial charge in [-0.15, -0.1) is 5.10 Å². The predicted octanol–water partition coefficient (Wildman–Crippen LogP) is -0.0873. The molecule has 3 rings (SSSR count). The molecule has 0 atom stereocenters. The van der Waals surface area contributed by atoms with Crippen LogP contribution in [0.1, 0.15) is 27.9 Å². The molecule has 140 valence electrons. The van der Waals surface area contributed by atoms with Crippen molar-refractivity contribution in [1.29, 1.82) is 0 Å². The second kappa shape index (κ2) is 7.07. The van der Waals surface area contributed by atoms with Gasteiger partial charge in [0.2, 0.25) is 5.69 Å². The van der Waals surface area contributed by atoms with Crippen LogP contribution in [0.3, 0.4) is 0 Å². The number of carbonyl (C=O) groups excluding carboxylic acids is 2. The van der Waals surface area contributed by atoms with E-state index in [-0.39, 0.29) is 34.0 Å².